The minimum atomic E-state index is -4.28. The molecule has 2 aliphatic heterocycles. The second-order valence-corrected chi connectivity index (χ2v) is 5.27. The molecule has 3 nitrogen and oxygen atoms in total. The zero-order valence-electron chi connectivity index (χ0n) is 10.7. The number of halogens is 3. The molecule has 1 fully saturated rings. The fraction of sp³-hybridized carbons (Fsp3) is 0.500. The van der Waals surface area contributed by atoms with Crippen molar-refractivity contribution in [2.45, 2.75) is 43.7 Å². The summed E-state index contributed by atoms with van der Waals surface area (Å²) in [5.74, 6) is 0.554. The number of hydrogen-bond acceptors (Lipinski definition) is 3. The maximum Gasteiger partial charge on any atom is 0.416 e. The largest absolute Gasteiger partial charge is 0.416 e. The summed E-state index contributed by atoms with van der Waals surface area (Å²) < 4.78 is 42.7. The van der Waals surface area contributed by atoms with Crippen LogP contribution in [-0.4, -0.2) is 24.1 Å². The van der Waals surface area contributed by atoms with Gasteiger partial charge in [0.15, 0.2) is 0 Å². The predicted octanol–water partition coefficient (Wildman–Crippen LogP) is 2.53. The van der Waals surface area contributed by atoms with Crippen LogP contribution in [0.25, 0.3) is 0 Å². The Bertz CT molecular complexity index is 524. The lowest BCUT2D eigenvalue weighted by molar-refractivity contribution is -0.137. The lowest BCUT2D eigenvalue weighted by atomic mass is 9.98. The highest BCUT2D eigenvalue weighted by atomic mass is 19.4. The maximum atomic E-state index is 12.4. The molecule has 2 aliphatic rings. The monoisotopic (exact) mass is 284 g/mol. The summed E-state index contributed by atoms with van der Waals surface area (Å²) >= 11 is 0. The normalized spacial score (nSPS) is 28.8. The molecule has 3 atom stereocenters. The summed E-state index contributed by atoms with van der Waals surface area (Å²) in [4.78, 5) is 4.37. The highest BCUT2D eigenvalue weighted by molar-refractivity contribution is 5.88. The fourth-order valence-electron chi connectivity index (χ4n) is 2.56. The van der Waals surface area contributed by atoms with Crippen molar-refractivity contribution in [2.24, 2.45) is 10.7 Å². The Morgan fingerprint density at radius 2 is 1.95 bits per heavy atom. The third-order valence-electron chi connectivity index (χ3n) is 3.76. The molecular formula is C14H15F3N2O. The van der Waals surface area contributed by atoms with E-state index >= 15 is 0 Å². The lowest BCUT2D eigenvalue weighted by Crippen LogP contribution is -2.29. The number of fused-ring (bicyclic) bond motifs is 1. The van der Waals surface area contributed by atoms with E-state index in [-0.39, 0.29) is 18.2 Å². The molecule has 2 heterocycles. The van der Waals surface area contributed by atoms with Crippen molar-refractivity contribution in [3.63, 3.8) is 0 Å². The summed E-state index contributed by atoms with van der Waals surface area (Å²) in [5, 5.41) is 0. The van der Waals surface area contributed by atoms with Crippen LogP contribution < -0.4 is 5.73 Å². The van der Waals surface area contributed by atoms with Gasteiger partial charge >= 0.3 is 6.18 Å². The zero-order chi connectivity index (χ0) is 14.3. The summed E-state index contributed by atoms with van der Waals surface area (Å²) in [6.07, 6.45) is -1.75. The van der Waals surface area contributed by atoms with E-state index in [1.165, 1.54) is 12.1 Å². The fourth-order valence-corrected chi connectivity index (χ4v) is 2.56. The van der Waals surface area contributed by atoms with Crippen LogP contribution in [-0.2, 0) is 17.3 Å². The maximum absolute atomic E-state index is 12.4. The molecule has 0 spiro atoms. The second kappa shape index (κ2) is 4.77. The standard InChI is InChI=1S/C14H15F3N2O/c15-14(16,17)9-4-1-8(2-5-9)3-6-10-7-11-12(20-11)13(18)19-10/h1-2,4-5,10-12H,3,6-7H2,(H2,18,19)/t10-,11?,12?/m0/s1. The van der Waals surface area contributed by atoms with Crippen molar-refractivity contribution < 1.29 is 17.9 Å². The van der Waals surface area contributed by atoms with Crippen LogP contribution >= 0.6 is 0 Å². The Morgan fingerprint density at radius 3 is 2.55 bits per heavy atom. The van der Waals surface area contributed by atoms with Crippen molar-refractivity contribution in [3.05, 3.63) is 35.4 Å². The van der Waals surface area contributed by atoms with Crippen molar-refractivity contribution in [2.75, 3.05) is 0 Å². The first-order chi connectivity index (χ1) is 9.43. The van der Waals surface area contributed by atoms with E-state index in [9.17, 15) is 13.2 Å². The lowest BCUT2D eigenvalue weighted by Gasteiger charge is -2.15. The van der Waals surface area contributed by atoms with Crippen molar-refractivity contribution in [1.29, 1.82) is 0 Å². The van der Waals surface area contributed by atoms with Crippen LogP contribution in [0.2, 0.25) is 0 Å². The molecule has 0 radical (unpaired) electrons. The number of benzene rings is 1. The molecule has 0 aliphatic carbocycles. The predicted molar refractivity (Wildman–Crippen MR) is 68.5 cm³/mol. The minimum Gasteiger partial charge on any atom is -0.385 e. The van der Waals surface area contributed by atoms with Crippen LogP contribution in [0.4, 0.5) is 13.2 Å². The van der Waals surface area contributed by atoms with E-state index in [1.54, 1.807) is 0 Å². The molecule has 2 unspecified atom stereocenters. The molecule has 20 heavy (non-hydrogen) atoms. The molecule has 0 aromatic heterocycles. The van der Waals surface area contributed by atoms with Gasteiger partial charge in [-0.3, -0.25) is 4.99 Å². The number of aliphatic imine (C=N–C) groups is 1. The molecule has 1 saturated heterocycles. The number of aryl methyl sites for hydroxylation is 1. The van der Waals surface area contributed by atoms with E-state index in [2.05, 4.69) is 4.99 Å². The van der Waals surface area contributed by atoms with Crippen LogP contribution in [0.3, 0.4) is 0 Å². The number of nitrogens with zero attached hydrogens (tertiary/aromatic N) is 1. The summed E-state index contributed by atoms with van der Waals surface area (Å²) in [6.45, 7) is 0. The van der Waals surface area contributed by atoms with Crippen LogP contribution in [0, 0.1) is 0 Å². The minimum absolute atomic E-state index is 0.0114. The molecular weight excluding hydrogens is 269 g/mol. The summed E-state index contributed by atoms with van der Waals surface area (Å²) in [7, 11) is 0. The van der Waals surface area contributed by atoms with Gasteiger partial charge in [0.05, 0.1) is 17.7 Å². The average Bonchev–Trinajstić information content (AvgIpc) is 3.16. The Kier molecular flexibility index (Phi) is 3.20. The SMILES string of the molecule is NC1=N[C@@H](CCc2ccc(C(F)(F)F)cc2)CC2OC12. The van der Waals surface area contributed by atoms with Gasteiger partial charge in [0.1, 0.15) is 11.9 Å². The number of epoxide rings is 1. The molecule has 1 aromatic rings. The second-order valence-electron chi connectivity index (χ2n) is 5.27. The number of hydrogen-bond donors (Lipinski definition) is 1. The van der Waals surface area contributed by atoms with Gasteiger partial charge in [0, 0.05) is 0 Å². The highest BCUT2D eigenvalue weighted by Gasteiger charge is 2.46. The Labute approximate surface area is 114 Å². The Balaban J connectivity index is 1.57. The quantitative estimate of drug-likeness (QED) is 0.867. The third-order valence-corrected chi connectivity index (χ3v) is 3.76. The zero-order valence-corrected chi connectivity index (χ0v) is 10.7. The van der Waals surface area contributed by atoms with Gasteiger partial charge in [0.2, 0.25) is 0 Å². The van der Waals surface area contributed by atoms with E-state index in [4.69, 9.17) is 10.5 Å². The van der Waals surface area contributed by atoms with E-state index in [0.717, 1.165) is 30.5 Å². The van der Waals surface area contributed by atoms with Gasteiger partial charge in [-0.15, -0.1) is 0 Å². The van der Waals surface area contributed by atoms with Crippen molar-refractivity contribution in [3.8, 4) is 0 Å². The molecule has 108 valence electrons. The number of amidine groups is 1. The number of nitrogens with two attached hydrogens (primary N) is 1. The van der Waals surface area contributed by atoms with Gasteiger partial charge in [-0.2, -0.15) is 13.2 Å². The molecule has 0 saturated carbocycles. The first-order valence-electron chi connectivity index (χ1n) is 6.58. The average molecular weight is 284 g/mol. The van der Waals surface area contributed by atoms with Gasteiger partial charge in [-0.1, -0.05) is 12.1 Å². The van der Waals surface area contributed by atoms with Crippen LogP contribution in [0.1, 0.15) is 24.0 Å². The Morgan fingerprint density at radius 1 is 1.25 bits per heavy atom. The highest BCUT2D eigenvalue weighted by Crippen LogP contribution is 2.33. The topological polar surface area (TPSA) is 50.9 Å². The number of alkyl halides is 3. The van der Waals surface area contributed by atoms with Gasteiger partial charge < -0.3 is 10.5 Å². The Hall–Kier alpha value is -1.56. The van der Waals surface area contributed by atoms with Gasteiger partial charge in [-0.05, 0) is 37.0 Å². The summed E-state index contributed by atoms with van der Waals surface area (Å²) in [5.41, 5.74) is 6.01. The van der Waals surface area contributed by atoms with E-state index < -0.39 is 11.7 Å². The molecule has 6 heteroatoms. The molecule has 0 amide bonds. The molecule has 0 bridgehead atoms. The van der Waals surface area contributed by atoms with Gasteiger partial charge in [0.25, 0.3) is 0 Å². The first-order valence-corrected chi connectivity index (χ1v) is 6.58. The first kappa shape index (κ1) is 13.4. The summed E-state index contributed by atoms with van der Waals surface area (Å²) in [6, 6.07) is 5.40. The van der Waals surface area contributed by atoms with Crippen LogP contribution in [0.15, 0.2) is 29.3 Å². The molecule has 2 N–H and O–H groups in total. The number of ether oxygens (including phenoxy) is 1. The third kappa shape index (κ3) is 2.80. The number of rotatable bonds is 3. The van der Waals surface area contributed by atoms with Crippen molar-refractivity contribution in [1.82, 2.24) is 0 Å². The van der Waals surface area contributed by atoms with Crippen molar-refractivity contribution >= 4 is 5.84 Å². The van der Waals surface area contributed by atoms with E-state index in [0.29, 0.717) is 12.3 Å². The van der Waals surface area contributed by atoms with Crippen LogP contribution in [0.5, 0.6) is 0 Å². The molecule has 3 rings (SSSR count). The van der Waals surface area contributed by atoms with Gasteiger partial charge in [-0.25, -0.2) is 0 Å². The van der Waals surface area contributed by atoms with E-state index in [1.807, 2.05) is 0 Å². The molecule has 1 aromatic carbocycles. The smallest absolute Gasteiger partial charge is 0.385 e.